The maximum Gasteiger partial charge on any atom is 0.345 e. The summed E-state index contributed by atoms with van der Waals surface area (Å²) in [7, 11) is 0. The molecule has 6 heteroatoms. The number of hydrogen-bond donors (Lipinski definition) is 1. The number of hydrogen-bond acceptors (Lipinski definition) is 3. The van der Waals surface area contributed by atoms with Crippen molar-refractivity contribution in [2.24, 2.45) is 0 Å². The van der Waals surface area contributed by atoms with Crippen molar-refractivity contribution >= 4 is 70.0 Å². The Kier molecular flexibility index (Phi) is 7.44. The average Bonchev–Trinajstić information content (AvgIpc) is 3.19. The summed E-state index contributed by atoms with van der Waals surface area (Å²) in [4.78, 5) is 13.4. The number of carbonyl (C=O) groups is 1. The highest BCUT2D eigenvalue weighted by atomic mass is 79.9. The van der Waals surface area contributed by atoms with Gasteiger partial charge < -0.3 is 9.84 Å². The van der Waals surface area contributed by atoms with Crippen LogP contribution in [0.15, 0.2) is 75.7 Å². The number of carboxylic acid groups (broad SMARTS) is 1. The van der Waals surface area contributed by atoms with Gasteiger partial charge in [0.15, 0.2) is 6.10 Å². The van der Waals surface area contributed by atoms with E-state index >= 15 is 0 Å². The fourth-order valence-electron chi connectivity index (χ4n) is 4.87. The third kappa shape index (κ3) is 4.83. The highest BCUT2D eigenvalue weighted by Gasteiger charge is 2.25. The number of aliphatic carboxylic acids is 1. The summed E-state index contributed by atoms with van der Waals surface area (Å²) in [5, 5.41) is 13.5. The van der Waals surface area contributed by atoms with Crippen molar-refractivity contribution in [3.8, 4) is 16.9 Å². The molecule has 1 aromatic heterocycles. The van der Waals surface area contributed by atoms with Crippen LogP contribution in [0.3, 0.4) is 0 Å². The molecule has 0 radical (unpaired) electrons. The molecule has 0 saturated heterocycles. The SMILES string of the molecule is CCc1cc(-c2c3ccccc3c(Br)c3sc(C)c(C)c23)cc(Br)c1OC(Cc1ccccc1)C(=O)O. The van der Waals surface area contributed by atoms with Crippen LogP contribution in [0.5, 0.6) is 5.75 Å². The second-order valence-electron chi connectivity index (χ2n) is 9.16. The second-order valence-corrected chi connectivity index (χ2v) is 12.0. The molecule has 1 N–H and O–H groups in total. The molecule has 3 nitrogen and oxygen atoms in total. The van der Waals surface area contributed by atoms with Gasteiger partial charge in [0.2, 0.25) is 0 Å². The van der Waals surface area contributed by atoms with Gasteiger partial charge in [-0.15, -0.1) is 11.3 Å². The van der Waals surface area contributed by atoms with E-state index in [4.69, 9.17) is 4.74 Å². The summed E-state index contributed by atoms with van der Waals surface area (Å²) in [6.07, 6.45) is 0.00854. The number of rotatable bonds is 7. The van der Waals surface area contributed by atoms with Crippen molar-refractivity contribution in [1.29, 1.82) is 0 Å². The number of fused-ring (bicyclic) bond motifs is 2. The molecule has 1 unspecified atom stereocenters. The molecule has 0 bridgehead atoms. The van der Waals surface area contributed by atoms with Crippen molar-refractivity contribution < 1.29 is 14.6 Å². The molecule has 0 aliphatic carbocycles. The summed E-state index contributed by atoms with van der Waals surface area (Å²) >= 11 is 9.44. The predicted octanol–water partition coefficient (Wildman–Crippen LogP) is 9.50. The van der Waals surface area contributed by atoms with E-state index in [1.165, 1.54) is 36.9 Å². The van der Waals surface area contributed by atoms with Crippen LogP contribution in [-0.4, -0.2) is 17.2 Å². The van der Waals surface area contributed by atoms with Gasteiger partial charge in [0.1, 0.15) is 5.75 Å². The van der Waals surface area contributed by atoms with Crippen LogP contribution in [0.4, 0.5) is 0 Å². The molecule has 0 aliphatic heterocycles. The summed E-state index contributed by atoms with van der Waals surface area (Å²) in [5.41, 5.74) is 5.45. The molecular weight excluding hydrogens is 612 g/mol. The van der Waals surface area contributed by atoms with Crippen LogP contribution in [0, 0.1) is 13.8 Å². The lowest BCUT2D eigenvalue weighted by atomic mass is 9.91. The highest BCUT2D eigenvalue weighted by molar-refractivity contribution is 9.11. The first-order valence-electron chi connectivity index (χ1n) is 12.2. The first-order chi connectivity index (χ1) is 17.8. The lowest BCUT2D eigenvalue weighted by Gasteiger charge is -2.21. The number of halogens is 2. The number of benzene rings is 4. The first-order valence-corrected chi connectivity index (χ1v) is 14.6. The van der Waals surface area contributed by atoms with Crippen molar-refractivity contribution in [3.05, 3.63) is 97.2 Å². The zero-order valence-corrected chi connectivity index (χ0v) is 24.8. The molecule has 0 fully saturated rings. The minimum atomic E-state index is -0.989. The lowest BCUT2D eigenvalue weighted by Crippen LogP contribution is -2.30. The second kappa shape index (κ2) is 10.6. The standard InChI is InChI=1S/C31H26Br2O3S/c1-4-20-15-21(16-24(32)29(20)36-25(31(34)35)14-19-10-6-5-7-11-19)27-22-12-8-9-13-23(22)28(33)30-26(27)17(2)18(3)37-30/h5-13,15-16,25H,4,14H2,1-3H3,(H,34,35). The number of aryl methyl sites for hydroxylation is 3. The van der Waals surface area contributed by atoms with E-state index in [1.807, 2.05) is 41.7 Å². The van der Waals surface area contributed by atoms with E-state index < -0.39 is 12.1 Å². The van der Waals surface area contributed by atoms with E-state index in [9.17, 15) is 9.90 Å². The van der Waals surface area contributed by atoms with Crippen molar-refractivity contribution in [2.75, 3.05) is 0 Å². The summed E-state index contributed by atoms with van der Waals surface area (Å²) < 4.78 is 9.32. The van der Waals surface area contributed by atoms with Gasteiger partial charge >= 0.3 is 5.97 Å². The van der Waals surface area contributed by atoms with Gasteiger partial charge in [-0.05, 0) is 103 Å². The van der Waals surface area contributed by atoms with Crippen molar-refractivity contribution in [2.45, 2.75) is 39.7 Å². The Bertz CT molecular complexity index is 1640. The van der Waals surface area contributed by atoms with E-state index in [0.29, 0.717) is 18.6 Å². The zero-order chi connectivity index (χ0) is 26.3. The van der Waals surface area contributed by atoms with Gasteiger partial charge in [-0.3, -0.25) is 0 Å². The van der Waals surface area contributed by atoms with Crippen LogP contribution in [0.2, 0.25) is 0 Å². The minimum Gasteiger partial charge on any atom is -0.478 e. The molecule has 0 spiro atoms. The van der Waals surface area contributed by atoms with E-state index in [-0.39, 0.29) is 0 Å². The van der Waals surface area contributed by atoms with Gasteiger partial charge in [-0.2, -0.15) is 0 Å². The Hall–Kier alpha value is -2.67. The molecule has 5 aromatic rings. The van der Waals surface area contributed by atoms with Gasteiger partial charge in [-0.25, -0.2) is 4.79 Å². The van der Waals surface area contributed by atoms with E-state index in [1.54, 1.807) is 0 Å². The van der Waals surface area contributed by atoms with Gasteiger partial charge in [0, 0.05) is 21.2 Å². The topological polar surface area (TPSA) is 46.5 Å². The molecule has 1 heterocycles. The summed E-state index contributed by atoms with van der Waals surface area (Å²) in [6.45, 7) is 6.43. The number of thiophene rings is 1. The highest BCUT2D eigenvalue weighted by Crippen LogP contribution is 2.48. The molecule has 0 saturated carbocycles. The van der Waals surface area contributed by atoms with Crippen LogP contribution in [-0.2, 0) is 17.6 Å². The number of carboxylic acids is 1. The largest absolute Gasteiger partial charge is 0.478 e. The molecule has 5 rings (SSSR count). The fourth-order valence-corrected chi connectivity index (χ4v) is 7.37. The Labute approximate surface area is 237 Å². The van der Waals surface area contributed by atoms with Gasteiger partial charge in [0.25, 0.3) is 0 Å². The average molecular weight is 638 g/mol. The third-order valence-corrected chi connectivity index (χ3v) is 9.76. The Morgan fingerprint density at radius 3 is 2.35 bits per heavy atom. The summed E-state index contributed by atoms with van der Waals surface area (Å²) in [5.74, 6) is -0.391. The molecule has 188 valence electrons. The molecular formula is C31H26Br2O3S. The van der Waals surface area contributed by atoms with E-state index in [2.05, 4.69) is 89.0 Å². The monoisotopic (exact) mass is 636 g/mol. The van der Waals surface area contributed by atoms with Crippen molar-refractivity contribution in [1.82, 2.24) is 0 Å². The van der Waals surface area contributed by atoms with Gasteiger partial charge in [-0.1, -0.05) is 61.5 Å². The predicted molar refractivity (Wildman–Crippen MR) is 161 cm³/mol. The van der Waals surface area contributed by atoms with Crippen LogP contribution >= 0.6 is 43.2 Å². The normalized spacial score (nSPS) is 12.2. The molecule has 1 atom stereocenters. The first kappa shape index (κ1) is 26.0. The molecule has 4 aromatic carbocycles. The maximum absolute atomic E-state index is 12.1. The smallest absolute Gasteiger partial charge is 0.345 e. The van der Waals surface area contributed by atoms with E-state index in [0.717, 1.165) is 25.6 Å². The van der Waals surface area contributed by atoms with Crippen LogP contribution < -0.4 is 4.74 Å². The molecule has 0 aliphatic rings. The lowest BCUT2D eigenvalue weighted by molar-refractivity contribution is -0.145. The van der Waals surface area contributed by atoms with Gasteiger partial charge in [0.05, 0.1) is 9.17 Å². The molecule has 37 heavy (non-hydrogen) atoms. The number of ether oxygens (including phenoxy) is 1. The zero-order valence-electron chi connectivity index (χ0n) is 20.8. The molecule has 0 amide bonds. The Balaban J connectivity index is 1.67. The summed E-state index contributed by atoms with van der Waals surface area (Å²) in [6, 6.07) is 22.3. The minimum absolute atomic E-state index is 0.291. The van der Waals surface area contributed by atoms with Crippen LogP contribution in [0.1, 0.15) is 28.5 Å². The quantitative estimate of drug-likeness (QED) is 0.193. The third-order valence-electron chi connectivity index (χ3n) is 6.86. The Morgan fingerprint density at radius 2 is 1.68 bits per heavy atom. The Morgan fingerprint density at radius 1 is 1.00 bits per heavy atom. The van der Waals surface area contributed by atoms with Crippen LogP contribution in [0.25, 0.3) is 32.0 Å². The fraction of sp³-hybridized carbons (Fsp3) is 0.194. The van der Waals surface area contributed by atoms with Crippen molar-refractivity contribution in [3.63, 3.8) is 0 Å². The maximum atomic E-state index is 12.1.